The molecular weight excluding hydrogens is 214 g/mol. The summed E-state index contributed by atoms with van der Waals surface area (Å²) in [5.41, 5.74) is 2.12. The van der Waals surface area contributed by atoms with E-state index in [0.717, 1.165) is 30.6 Å². The van der Waals surface area contributed by atoms with Gasteiger partial charge in [-0.05, 0) is 26.1 Å². The van der Waals surface area contributed by atoms with Gasteiger partial charge in [0.15, 0.2) is 0 Å². The molecule has 2 heterocycles. The van der Waals surface area contributed by atoms with E-state index in [2.05, 4.69) is 25.6 Å². The van der Waals surface area contributed by atoms with Crippen LogP contribution in [0.4, 0.5) is 5.95 Å². The Morgan fingerprint density at radius 1 is 1.18 bits per heavy atom. The number of H-pyrrole nitrogens is 1. The maximum absolute atomic E-state index is 4.28. The van der Waals surface area contributed by atoms with Crippen molar-refractivity contribution in [3.8, 4) is 11.1 Å². The molecule has 0 aromatic carbocycles. The van der Waals surface area contributed by atoms with Gasteiger partial charge < -0.3 is 15.6 Å². The summed E-state index contributed by atoms with van der Waals surface area (Å²) in [5, 5.41) is 6.28. The Balaban J connectivity index is 1.90. The van der Waals surface area contributed by atoms with E-state index in [1.165, 1.54) is 0 Å². The molecule has 90 valence electrons. The monoisotopic (exact) mass is 231 g/mol. The average Bonchev–Trinajstić information content (AvgIpc) is 2.89. The van der Waals surface area contributed by atoms with Crippen LogP contribution >= 0.6 is 0 Å². The van der Waals surface area contributed by atoms with Gasteiger partial charge in [-0.1, -0.05) is 0 Å². The van der Waals surface area contributed by atoms with Gasteiger partial charge in [-0.15, -0.1) is 0 Å². The highest BCUT2D eigenvalue weighted by Crippen LogP contribution is 2.16. The van der Waals surface area contributed by atoms with Crippen LogP contribution in [0.5, 0.6) is 0 Å². The van der Waals surface area contributed by atoms with Crippen LogP contribution in [0.2, 0.25) is 0 Å². The second kappa shape index (κ2) is 6.00. The van der Waals surface area contributed by atoms with Crippen LogP contribution in [0.15, 0.2) is 30.9 Å². The first-order valence-electron chi connectivity index (χ1n) is 5.74. The van der Waals surface area contributed by atoms with Crippen molar-refractivity contribution in [2.75, 3.05) is 25.5 Å². The summed E-state index contributed by atoms with van der Waals surface area (Å²) >= 11 is 0. The van der Waals surface area contributed by atoms with Crippen molar-refractivity contribution in [3.63, 3.8) is 0 Å². The Labute approximate surface area is 101 Å². The molecule has 0 atom stereocenters. The molecule has 0 aliphatic carbocycles. The van der Waals surface area contributed by atoms with Gasteiger partial charge in [0, 0.05) is 42.5 Å². The van der Waals surface area contributed by atoms with Crippen LogP contribution in [-0.2, 0) is 0 Å². The summed E-state index contributed by atoms with van der Waals surface area (Å²) in [5.74, 6) is 0.681. The molecule has 5 nitrogen and oxygen atoms in total. The van der Waals surface area contributed by atoms with E-state index in [0.29, 0.717) is 5.95 Å². The van der Waals surface area contributed by atoms with Crippen LogP contribution in [0, 0.1) is 0 Å². The van der Waals surface area contributed by atoms with E-state index in [1.807, 2.05) is 37.9 Å². The average molecular weight is 231 g/mol. The van der Waals surface area contributed by atoms with Gasteiger partial charge in [0.1, 0.15) is 0 Å². The maximum atomic E-state index is 4.28. The lowest BCUT2D eigenvalue weighted by Gasteiger charge is -2.04. The molecule has 2 aromatic rings. The summed E-state index contributed by atoms with van der Waals surface area (Å²) in [6, 6.07) is 2.00. The molecule has 0 amide bonds. The Morgan fingerprint density at radius 3 is 2.65 bits per heavy atom. The second-order valence-electron chi connectivity index (χ2n) is 3.78. The van der Waals surface area contributed by atoms with E-state index in [9.17, 15) is 0 Å². The zero-order valence-electron chi connectivity index (χ0n) is 9.90. The smallest absolute Gasteiger partial charge is 0.222 e. The van der Waals surface area contributed by atoms with Crippen molar-refractivity contribution in [3.05, 3.63) is 30.9 Å². The first kappa shape index (κ1) is 11.6. The molecule has 2 rings (SSSR count). The molecule has 0 saturated carbocycles. The number of nitrogens with zero attached hydrogens (tertiary/aromatic N) is 2. The molecule has 0 aliphatic heterocycles. The summed E-state index contributed by atoms with van der Waals surface area (Å²) < 4.78 is 0. The zero-order chi connectivity index (χ0) is 11.9. The third-order valence-electron chi connectivity index (χ3n) is 2.47. The van der Waals surface area contributed by atoms with Gasteiger partial charge in [0.25, 0.3) is 0 Å². The number of aromatic nitrogens is 3. The first-order chi connectivity index (χ1) is 8.40. The normalized spacial score (nSPS) is 10.4. The molecule has 0 saturated heterocycles. The summed E-state index contributed by atoms with van der Waals surface area (Å²) in [6.07, 6.45) is 8.53. The summed E-state index contributed by atoms with van der Waals surface area (Å²) in [4.78, 5) is 11.6. The number of nitrogens with one attached hydrogen (secondary N) is 3. The van der Waals surface area contributed by atoms with Gasteiger partial charge in [0.05, 0.1) is 0 Å². The Bertz CT molecular complexity index is 421. The highest BCUT2D eigenvalue weighted by Gasteiger charge is 1.99. The lowest BCUT2D eigenvalue weighted by Crippen LogP contribution is -2.13. The van der Waals surface area contributed by atoms with Crippen molar-refractivity contribution in [2.24, 2.45) is 0 Å². The number of anilines is 1. The highest BCUT2D eigenvalue weighted by atomic mass is 15.1. The third-order valence-corrected chi connectivity index (χ3v) is 2.47. The quantitative estimate of drug-likeness (QED) is 0.659. The molecule has 5 heteroatoms. The molecule has 0 radical (unpaired) electrons. The van der Waals surface area contributed by atoms with Crippen molar-refractivity contribution in [1.29, 1.82) is 0 Å². The zero-order valence-corrected chi connectivity index (χ0v) is 9.90. The third kappa shape index (κ3) is 3.29. The summed E-state index contributed by atoms with van der Waals surface area (Å²) in [7, 11) is 1.95. The van der Waals surface area contributed by atoms with Gasteiger partial charge in [-0.25, -0.2) is 9.97 Å². The van der Waals surface area contributed by atoms with E-state index in [1.54, 1.807) is 0 Å². The Hall–Kier alpha value is -1.88. The lowest BCUT2D eigenvalue weighted by molar-refractivity contribution is 0.745. The molecule has 0 bridgehead atoms. The van der Waals surface area contributed by atoms with Crippen LogP contribution in [0.25, 0.3) is 11.1 Å². The van der Waals surface area contributed by atoms with Crippen molar-refractivity contribution in [2.45, 2.75) is 6.42 Å². The van der Waals surface area contributed by atoms with Crippen LogP contribution < -0.4 is 10.6 Å². The minimum atomic E-state index is 0.681. The lowest BCUT2D eigenvalue weighted by atomic mass is 10.2. The minimum Gasteiger partial charge on any atom is -0.367 e. The van der Waals surface area contributed by atoms with E-state index >= 15 is 0 Å². The topological polar surface area (TPSA) is 65.6 Å². The fourth-order valence-electron chi connectivity index (χ4n) is 1.54. The fraction of sp³-hybridized carbons (Fsp3) is 0.333. The number of rotatable bonds is 6. The fourth-order valence-corrected chi connectivity index (χ4v) is 1.54. The van der Waals surface area contributed by atoms with E-state index < -0.39 is 0 Å². The van der Waals surface area contributed by atoms with Gasteiger partial charge in [-0.2, -0.15) is 0 Å². The standard InChI is InChI=1S/C12H17N5/c1-13-4-2-5-15-12-16-8-11(9-17-12)10-3-6-14-7-10/h3,6-9,13-14H,2,4-5H2,1H3,(H,15,16,17). The molecule has 17 heavy (non-hydrogen) atoms. The SMILES string of the molecule is CNCCCNc1ncc(-c2cc[nH]c2)cn1. The molecule has 0 unspecified atom stereocenters. The van der Waals surface area contributed by atoms with Crippen LogP contribution in [0.3, 0.4) is 0 Å². The molecule has 0 fully saturated rings. The van der Waals surface area contributed by atoms with Crippen LogP contribution in [-0.4, -0.2) is 35.1 Å². The van der Waals surface area contributed by atoms with E-state index in [-0.39, 0.29) is 0 Å². The van der Waals surface area contributed by atoms with Crippen molar-refractivity contribution >= 4 is 5.95 Å². The second-order valence-corrected chi connectivity index (χ2v) is 3.78. The van der Waals surface area contributed by atoms with Gasteiger partial charge in [-0.3, -0.25) is 0 Å². The molecule has 0 aliphatic rings. The Kier molecular flexibility index (Phi) is 4.10. The maximum Gasteiger partial charge on any atom is 0.222 e. The molecule has 2 aromatic heterocycles. The number of hydrogen-bond donors (Lipinski definition) is 3. The predicted molar refractivity (Wildman–Crippen MR) is 68.9 cm³/mol. The predicted octanol–water partition coefficient (Wildman–Crippen LogP) is 1.49. The minimum absolute atomic E-state index is 0.681. The van der Waals surface area contributed by atoms with Crippen molar-refractivity contribution in [1.82, 2.24) is 20.3 Å². The number of aromatic amines is 1. The highest BCUT2D eigenvalue weighted by molar-refractivity contribution is 5.60. The number of hydrogen-bond acceptors (Lipinski definition) is 4. The molecule has 3 N–H and O–H groups in total. The van der Waals surface area contributed by atoms with E-state index in [4.69, 9.17) is 0 Å². The van der Waals surface area contributed by atoms with Gasteiger partial charge in [0.2, 0.25) is 5.95 Å². The van der Waals surface area contributed by atoms with Crippen molar-refractivity contribution < 1.29 is 0 Å². The largest absolute Gasteiger partial charge is 0.367 e. The first-order valence-corrected chi connectivity index (χ1v) is 5.74. The molecular formula is C12H17N5. The summed E-state index contributed by atoms with van der Waals surface area (Å²) in [6.45, 7) is 1.87. The Morgan fingerprint density at radius 2 is 2.00 bits per heavy atom. The molecule has 0 spiro atoms. The van der Waals surface area contributed by atoms with Gasteiger partial charge >= 0.3 is 0 Å². The van der Waals surface area contributed by atoms with Crippen LogP contribution in [0.1, 0.15) is 6.42 Å².